The monoisotopic (exact) mass is 355 g/mol. The fourth-order valence-electron chi connectivity index (χ4n) is 2.83. The van der Waals surface area contributed by atoms with Crippen LogP contribution in [-0.2, 0) is 9.59 Å². The Bertz CT molecular complexity index is 780. The molecule has 26 heavy (non-hydrogen) atoms. The maximum atomic E-state index is 12.6. The summed E-state index contributed by atoms with van der Waals surface area (Å²) in [6, 6.07) is 8.94. The fourth-order valence-corrected chi connectivity index (χ4v) is 2.83. The van der Waals surface area contributed by atoms with E-state index >= 15 is 0 Å². The molecule has 7 nitrogen and oxygen atoms in total. The first-order valence-corrected chi connectivity index (χ1v) is 8.45. The molecule has 0 radical (unpaired) electrons. The summed E-state index contributed by atoms with van der Waals surface area (Å²) < 4.78 is 10.8. The minimum Gasteiger partial charge on any atom is -0.497 e. The van der Waals surface area contributed by atoms with E-state index in [1.807, 2.05) is 6.07 Å². The van der Waals surface area contributed by atoms with Gasteiger partial charge < -0.3 is 20.1 Å². The SMILES string of the molecule is COc1ccc2c(c1)[C@H](C(=O)NCCCOc1cccnc1)CC(=O)N2. The molecule has 7 heteroatoms. The van der Waals surface area contributed by atoms with Crippen molar-refractivity contribution in [2.45, 2.75) is 18.8 Å². The molecule has 0 unspecified atom stereocenters. The van der Waals surface area contributed by atoms with Crippen molar-refractivity contribution in [3.05, 3.63) is 48.3 Å². The highest BCUT2D eigenvalue weighted by Gasteiger charge is 2.30. The number of methoxy groups -OCH3 is 1. The first-order chi connectivity index (χ1) is 12.7. The van der Waals surface area contributed by atoms with Crippen molar-refractivity contribution in [1.29, 1.82) is 0 Å². The molecule has 1 aliphatic heterocycles. The second-order valence-corrected chi connectivity index (χ2v) is 5.94. The molecule has 2 amide bonds. The number of fused-ring (bicyclic) bond motifs is 1. The van der Waals surface area contributed by atoms with Crippen LogP contribution in [0.3, 0.4) is 0 Å². The smallest absolute Gasteiger partial charge is 0.228 e. The summed E-state index contributed by atoms with van der Waals surface area (Å²) in [6.07, 6.45) is 4.10. The van der Waals surface area contributed by atoms with Gasteiger partial charge >= 0.3 is 0 Å². The van der Waals surface area contributed by atoms with Gasteiger partial charge in [0.1, 0.15) is 11.5 Å². The molecule has 0 aliphatic carbocycles. The van der Waals surface area contributed by atoms with E-state index in [9.17, 15) is 9.59 Å². The van der Waals surface area contributed by atoms with Gasteiger partial charge in [-0.2, -0.15) is 0 Å². The summed E-state index contributed by atoms with van der Waals surface area (Å²) >= 11 is 0. The van der Waals surface area contributed by atoms with Crippen molar-refractivity contribution in [3.63, 3.8) is 0 Å². The van der Waals surface area contributed by atoms with Crippen molar-refractivity contribution in [3.8, 4) is 11.5 Å². The first kappa shape index (κ1) is 17.7. The Balaban J connectivity index is 1.54. The molecule has 1 aliphatic rings. The lowest BCUT2D eigenvalue weighted by Gasteiger charge is -2.25. The molecule has 0 spiro atoms. The molecule has 3 rings (SSSR count). The Hall–Kier alpha value is -3.09. The zero-order valence-electron chi connectivity index (χ0n) is 14.5. The number of aromatic nitrogens is 1. The van der Waals surface area contributed by atoms with Crippen LogP contribution in [0, 0.1) is 0 Å². The number of carbonyl (C=O) groups is 2. The highest BCUT2D eigenvalue weighted by molar-refractivity contribution is 6.01. The van der Waals surface area contributed by atoms with Gasteiger partial charge in [-0.25, -0.2) is 0 Å². The molecule has 0 fully saturated rings. The molecule has 136 valence electrons. The van der Waals surface area contributed by atoms with Crippen LogP contribution in [0.5, 0.6) is 11.5 Å². The van der Waals surface area contributed by atoms with E-state index in [4.69, 9.17) is 9.47 Å². The van der Waals surface area contributed by atoms with Crippen LogP contribution in [0.15, 0.2) is 42.7 Å². The van der Waals surface area contributed by atoms with Crippen LogP contribution in [-0.4, -0.2) is 37.1 Å². The van der Waals surface area contributed by atoms with Gasteiger partial charge in [0.25, 0.3) is 0 Å². The second-order valence-electron chi connectivity index (χ2n) is 5.94. The number of anilines is 1. The normalized spacial score (nSPS) is 15.6. The Morgan fingerprint density at radius 3 is 3.00 bits per heavy atom. The lowest BCUT2D eigenvalue weighted by Crippen LogP contribution is -2.35. The van der Waals surface area contributed by atoms with E-state index in [-0.39, 0.29) is 18.2 Å². The maximum absolute atomic E-state index is 12.6. The number of carbonyl (C=O) groups excluding carboxylic acids is 2. The molecule has 1 aromatic carbocycles. The highest BCUT2D eigenvalue weighted by atomic mass is 16.5. The van der Waals surface area contributed by atoms with Crippen molar-refractivity contribution in [2.75, 3.05) is 25.6 Å². The minimum absolute atomic E-state index is 0.123. The zero-order chi connectivity index (χ0) is 18.4. The number of benzene rings is 1. The quantitative estimate of drug-likeness (QED) is 0.743. The number of hydrogen-bond acceptors (Lipinski definition) is 5. The van der Waals surface area contributed by atoms with E-state index in [2.05, 4.69) is 15.6 Å². The van der Waals surface area contributed by atoms with Crippen molar-refractivity contribution < 1.29 is 19.1 Å². The summed E-state index contributed by atoms with van der Waals surface area (Å²) in [5, 5.41) is 5.67. The minimum atomic E-state index is -0.520. The van der Waals surface area contributed by atoms with E-state index in [0.717, 1.165) is 5.56 Å². The zero-order valence-corrected chi connectivity index (χ0v) is 14.5. The molecule has 0 bridgehead atoms. The van der Waals surface area contributed by atoms with Crippen molar-refractivity contribution in [2.24, 2.45) is 0 Å². The van der Waals surface area contributed by atoms with Gasteiger partial charge in [-0.1, -0.05) is 0 Å². The van der Waals surface area contributed by atoms with E-state index in [0.29, 0.717) is 36.8 Å². The number of ether oxygens (including phenoxy) is 2. The molecule has 2 N–H and O–H groups in total. The van der Waals surface area contributed by atoms with Crippen LogP contribution in [0.25, 0.3) is 0 Å². The summed E-state index contributed by atoms with van der Waals surface area (Å²) in [7, 11) is 1.57. The predicted molar refractivity (Wildman–Crippen MR) is 96.3 cm³/mol. The van der Waals surface area contributed by atoms with Gasteiger partial charge in [0, 0.05) is 24.8 Å². The van der Waals surface area contributed by atoms with E-state index in [1.165, 1.54) is 0 Å². The number of hydrogen-bond donors (Lipinski definition) is 2. The summed E-state index contributed by atoms with van der Waals surface area (Å²) in [5.41, 5.74) is 1.43. The third-order valence-corrected chi connectivity index (χ3v) is 4.14. The molecule has 2 aromatic rings. The molecular weight excluding hydrogens is 334 g/mol. The van der Waals surface area contributed by atoms with Gasteiger partial charge in [-0.05, 0) is 42.3 Å². The van der Waals surface area contributed by atoms with Gasteiger partial charge in [-0.15, -0.1) is 0 Å². The first-order valence-electron chi connectivity index (χ1n) is 8.45. The Labute approximate surface area is 151 Å². The number of nitrogens with one attached hydrogen (secondary N) is 2. The fraction of sp³-hybridized carbons (Fsp3) is 0.316. The molecule has 1 aromatic heterocycles. The van der Waals surface area contributed by atoms with E-state index < -0.39 is 5.92 Å². The van der Waals surface area contributed by atoms with Gasteiger partial charge in [-0.3, -0.25) is 14.6 Å². The number of rotatable bonds is 7. The molecule has 2 heterocycles. The van der Waals surface area contributed by atoms with Crippen molar-refractivity contribution in [1.82, 2.24) is 10.3 Å². The Kier molecular flexibility index (Phi) is 5.68. The van der Waals surface area contributed by atoms with Crippen LogP contribution in [0.1, 0.15) is 24.3 Å². The highest BCUT2D eigenvalue weighted by Crippen LogP contribution is 2.34. The average Bonchev–Trinajstić information content (AvgIpc) is 2.67. The second kappa shape index (κ2) is 8.33. The van der Waals surface area contributed by atoms with Crippen LogP contribution >= 0.6 is 0 Å². The van der Waals surface area contributed by atoms with Gasteiger partial charge in [0.15, 0.2) is 0 Å². The average molecular weight is 355 g/mol. The maximum Gasteiger partial charge on any atom is 0.228 e. The van der Waals surface area contributed by atoms with Crippen LogP contribution in [0.2, 0.25) is 0 Å². The van der Waals surface area contributed by atoms with Gasteiger partial charge in [0.2, 0.25) is 11.8 Å². The molecule has 0 saturated heterocycles. The molecular formula is C19H21N3O4. The van der Waals surface area contributed by atoms with Crippen LogP contribution < -0.4 is 20.1 Å². The lowest BCUT2D eigenvalue weighted by atomic mass is 9.89. The Morgan fingerprint density at radius 1 is 1.35 bits per heavy atom. The summed E-state index contributed by atoms with van der Waals surface area (Å²) in [5.74, 6) is 0.498. The summed E-state index contributed by atoms with van der Waals surface area (Å²) in [4.78, 5) is 28.4. The number of amides is 2. The summed E-state index contributed by atoms with van der Waals surface area (Å²) in [6.45, 7) is 0.943. The Morgan fingerprint density at radius 2 is 2.23 bits per heavy atom. The van der Waals surface area contributed by atoms with Gasteiger partial charge in [0.05, 0.1) is 25.8 Å². The topological polar surface area (TPSA) is 89.6 Å². The molecule has 0 saturated carbocycles. The van der Waals surface area contributed by atoms with Crippen LogP contribution in [0.4, 0.5) is 5.69 Å². The predicted octanol–water partition coefficient (Wildman–Crippen LogP) is 2.10. The number of nitrogens with zero attached hydrogens (tertiary/aromatic N) is 1. The third kappa shape index (κ3) is 4.30. The largest absolute Gasteiger partial charge is 0.497 e. The van der Waals surface area contributed by atoms with E-state index in [1.54, 1.807) is 43.8 Å². The number of pyridine rings is 1. The van der Waals surface area contributed by atoms with Crippen molar-refractivity contribution >= 4 is 17.5 Å². The standard InChI is InChI=1S/C19H21N3O4/c1-25-13-5-6-17-15(10-13)16(11-18(23)22-17)19(24)21-8-3-9-26-14-4-2-7-20-12-14/h2,4-7,10,12,16H,3,8-9,11H2,1H3,(H,21,24)(H,22,23)/t16-/m1/s1. The third-order valence-electron chi connectivity index (χ3n) is 4.14. The lowest BCUT2D eigenvalue weighted by molar-refractivity contribution is -0.126. The molecule has 1 atom stereocenters.